The van der Waals surface area contributed by atoms with E-state index in [2.05, 4.69) is 30.8 Å². The number of rotatable bonds is 9. The second-order valence-electron chi connectivity index (χ2n) is 6.84. The van der Waals surface area contributed by atoms with Crippen molar-refractivity contribution >= 4 is 16.9 Å². The smallest absolute Gasteiger partial charge is 0.191 e. The molecule has 156 valence electrons. The number of H-pyrrole nitrogens is 1. The summed E-state index contributed by atoms with van der Waals surface area (Å²) in [7, 11) is 3.61. The Kier molecular flexibility index (Phi) is 7.18. The molecular weight excluding hydrogens is 373 g/mol. The van der Waals surface area contributed by atoms with E-state index in [0.717, 1.165) is 47.5 Å². The molecule has 0 spiro atoms. The molecule has 2 heterocycles. The number of ether oxygens (including phenoxy) is 1. The predicted molar refractivity (Wildman–Crippen MR) is 111 cm³/mol. The van der Waals surface area contributed by atoms with Gasteiger partial charge in [0.05, 0.1) is 0 Å². The molecule has 29 heavy (non-hydrogen) atoms. The summed E-state index contributed by atoms with van der Waals surface area (Å²) >= 11 is 0. The lowest BCUT2D eigenvalue weighted by atomic mass is 10.1. The average molecular weight is 401 g/mol. The number of fused-ring (bicyclic) bond motifs is 1. The molecule has 0 radical (unpaired) electrons. The summed E-state index contributed by atoms with van der Waals surface area (Å²) in [6, 6.07) is 4.79. The van der Waals surface area contributed by atoms with Crippen molar-refractivity contribution in [3.05, 3.63) is 47.4 Å². The van der Waals surface area contributed by atoms with E-state index in [4.69, 9.17) is 4.74 Å². The Balaban J connectivity index is 1.61. The number of nitrogens with zero attached hydrogens (tertiary/aromatic N) is 4. The van der Waals surface area contributed by atoms with Crippen molar-refractivity contribution in [1.29, 1.82) is 0 Å². The van der Waals surface area contributed by atoms with Gasteiger partial charge < -0.3 is 24.9 Å². The average Bonchev–Trinajstić information content (AvgIpc) is 3.26. The van der Waals surface area contributed by atoms with Gasteiger partial charge in [0, 0.05) is 51.0 Å². The van der Waals surface area contributed by atoms with E-state index in [-0.39, 0.29) is 5.82 Å². The van der Waals surface area contributed by atoms with Crippen LogP contribution in [0.2, 0.25) is 0 Å². The Morgan fingerprint density at radius 3 is 2.86 bits per heavy atom. The van der Waals surface area contributed by atoms with E-state index < -0.39 is 0 Å². The molecule has 8 nitrogen and oxygen atoms in total. The van der Waals surface area contributed by atoms with Crippen molar-refractivity contribution < 1.29 is 9.13 Å². The number of methoxy groups -OCH3 is 1. The SMILES string of the molecule is COCCCNC(=NCc1nnc(C)n1C)NCCc1c[nH]c2ccc(F)cc12. The normalized spacial score (nSPS) is 11.9. The number of benzene rings is 1. The van der Waals surface area contributed by atoms with Gasteiger partial charge in [-0.05, 0) is 43.5 Å². The van der Waals surface area contributed by atoms with Crippen LogP contribution >= 0.6 is 0 Å². The Hall–Kier alpha value is -2.94. The maximum absolute atomic E-state index is 13.6. The number of halogens is 1. The van der Waals surface area contributed by atoms with Crippen LogP contribution < -0.4 is 10.6 Å². The van der Waals surface area contributed by atoms with Crippen molar-refractivity contribution in [3.8, 4) is 0 Å². The topological polar surface area (TPSA) is 92.2 Å². The first-order valence-corrected chi connectivity index (χ1v) is 9.70. The molecule has 3 aromatic rings. The summed E-state index contributed by atoms with van der Waals surface area (Å²) in [5.74, 6) is 2.12. The molecule has 0 saturated carbocycles. The maximum Gasteiger partial charge on any atom is 0.191 e. The fourth-order valence-electron chi connectivity index (χ4n) is 3.01. The zero-order valence-electron chi connectivity index (χ0n) is 17.1. The first-order chi connectivity index (χ1) is 14.1. The highest BCUT2D eigenvalue weighted by molar-refractivity contribution is 5.83. The molecule has 2 aromatic heterocycles. The molecule has 9 heteroatoms. The number of aliphatic imine (C=N–C) groups is 1. The Morgan fingerprint density at radius 2 is 2.10 bits per heavy atom. The molecule has 3 rings (SSSR count). The molecule has 0 aliphatic carbocycles. The van der Waals surface area contributed by atoms with Gasteiger partial charge in [-0.2, -0.15) is 0 Å². The van der Waals surface area contributed by atoms with Crippen molar-refractivity contribution in [1.82, 2.24) is 30.4 Å². The number of hydrogen-bond donors (Lipinski definition) is 3. The monoisotopic (exact) mass is 401 g/mol. The van der Waals surface area contributed by atoms with Crippen LogP contribution in [-0.2, 0) is 24.8 Å². The third-order valence-electron chi connectivity index (χ3n) is 4.80. The quantitative estimate of drug-likeness (QED) is 0.290. The Bertz CT molecular complexity index is 963. The van der Waals surface area contributed by atoms with E-state index in [9.17, 15) is 4.39 Å². The van der Waals surface area contributed by atoms with Gasteiger partial charge in [-0.15, -0.1) is 10.2 Å². The Labute approximate surface area is 169 Å². The molecule has 0 amide bonds. The number of aryl methyl sites for hydroxylation is 1. The van der Waals surface area contributed by atoms with E-state index >= 15 is 0 Å². The highest BCUT2D eigenvalue weighted by Crippen LogP contribution is 2.19. The lowest BCUT2D eigenvalue weighted by Crippen LogP contribution is -2.39. The lowest BCUT2D eigenvalue weighted by molar-refractivity contribution is 0.195. The standard InChI is InChI=1S/C20H28FN7O/c1-14-26-27-19(28(14)2)13-25-20(22-8-4-10-29-3)23-9-7-15-12-24-18-6-5-16(21)11-17(15)18/h5-6,11-12,24H,4,7-10,13H2,1-3H3,(H2,22,23,25). The minimum absolute atomic E-state index is 0.229. The number of aromatic amines is 1. The van der Waals surface area contributed by atoms with Gasteiger partial charge in [0.25, 0.3) is 0 Å². The van der Waals surface area contributed by atoms with Crippen molar-refractivity contribution in [3.63, 3.8) is 0 Å². The van der Waals surface area contributed by atoms with Gasteiger partial charge in [-0.3, -0.25) is 0 Å². The molecule has 0 bridgehead atoms. The zero-order valence-corrected chi connectivity index (χ0v) is 17.1. The first kappa shape index (κ1) is 20.8. The van der Waals surface area contributed by atoms with Crippen LogP contribution in [0.25, 0.3) is 10.9 Å². The van der Waals surface area contributed by atoms with Gasteiger partial charge in [0.2, 0.25) is 0 Å². The van der Waals surface area contributed by atoms with Crippen LogP contribution in [0.4, 0.5) is 4.39 Å². The summed E-state index contributed by atoms with van der Waals surface area (Å²) in [6.45, 7) is 4.43. The van der Waals surface area contributed by atoms with Crippen molar-refractivity contribution in [2.24, 2.45) is 12.0 Å². The second kappa shape index (κ2) is 10.0. The third-order valence-corrected chi connectivity index (χ3v) is 4.80. The third kappa shape index (κ3) is 5.54. The van der Waals surface area contributed by atoms with Crippen LogP contribution in [-0.4, -0.2) is 52.5 Å². The minimum Gasteiger partial charge on any atom is -0.385 e. The molecule has 3 N–H and O–H groups in total. The predicted octanol–water partition coefficient (Wildman–Crippen LogP) is 2.06. The molecule has 0 unspecified atom stereocenters. The number of guanidine groups is 1. The first-order valence-electron chi connectivity index (χ1n) is 9.70. The summed E-state index contributed by atoms with van der Waals surface area (Å²) in [5, 5.41) is 15.8. The molecule has 0 fully saturated rings. The molecule has 0 atom stereocenters. The largest absolute Gasteiger partial charge is 0.385 e. The van der Waals surface area contributed by atoms with Crippen LogP contribution in [0.3, 0.4) is 0 Å². The number of nitrogens with one attached hydrogen (secondary N) is 3. The molecule has 0 saturated heterocycles. The van der Waals surface area contributed by atoms with Crippen LogP contribution in [0.15, 0.2) is 29.4 Å². The van der Waals surface area contributed by atoms with Crippen LogP contribution in [0.5, 0.6) is 0 Å². The summed E-state index contributed by atoms with van der Waals surface area (Å²) in [4.78, 5) is 7.81. The maximum atomic E-state index is 13.6. The fourth-order valence-corrected chi connectivity index (χ4v) is 3.01. The van der Waals surface area contributed by atoms with E-state index in [0.29, 0.717) is 25.7 Å². The van der Waals surface area contributed by atoms with Crippen LogP contribution in [0.1, 0.15) is 23.6 Å². The highest BCUT2D eigenvalue weighted by Gasteiger charge is 2.07. The molecule has 0 aliphatic heterocycles. The highest BCUT2D eigenvalue weighted by atomic mass is 19.1. The second-order valence-corrected chi connectivity index (χ2v) is 6.84. The summed E-state index contributed by atoms with van der Waals surface area (Å²) < 4.78 is 20.6. The molecule has 1 aromatic carbocycles. The van der Waals surface area contributed by atoms with Crippen molar-refractivity contribution in [2.45, 2.75) is 26.3 Å². The Morgan fingerprint density at radius 1 is 1.28 bits per heavy atom. The summed E-state index contributed by atoms with van der Waals surface area (Å²) in [5.41, 5.74) is 2.00. The fraction of sp³-hybridized carbons (Fsp3) is 0.450. The molecule has 0 aliphatic rings. The van der Waals surface area contributed by atoms with Gasteiger partial charge >= 0.3 is 0 Å². The number of aromatic nitrogens is 4. The van der Waals surface area contributed by atoms with Crippen molar-refractivity contribution in [2.75, 3.05) is 26.8 Å². The van der Waals surface area contributed by atoms with Crippen LogP contribution in [0, 0.1) is 12.7 Å². The zero-order chi connectivity index (χ0) is 20.6. The van der Waals surface area contributed by atoms with E-state index in [1.54, 1.807) is 19.2 Å². The minimum atomic E-state index is -0.229. The van der Waals surface area contributed by atoms with Gasteiger partial charge in [-0.1, -0.05) is 0 Å². The van der Waals surface area contributed by atoms with Gasteiger partial charge in [0.1, 0.15) is 18.2 Å². The van der Waals surface area contributed by atoms with E-state index in [1.807, 2.05) is 24.7 Å². The molecular formula is C20H28FN7O. The lowest BCUT2D eigenvalue weighted by Gasteiger charge is -2.12. The van der Waals surface area contributed by atoms with Gasteiger partial charge in [-0.25, -0.2) is 9.38 Å². The summed E-state index contributed by atoms with van der Waals surface area (Å²) in [6.07, 6.45) is 3.55. The van der Waals surface area contributed by atoms with Gasteiger partial charge in [0.15, 0.2) is 11.8 Å². The van der Waals surface area contributed by atoms with E-state index in [1.165, 1.54) is 6.07 Å². The number of hydrogen-bond acceptors (Lipinski definition) is 4.